The molecule has 0 fully saturated rings. The molecule has 4 aromatic rings. The number of thiophene rings is 1. The fourth-order valence-electron chi connectivity index (χ4n) is 1.93. The van der Waals surface area contributed by atoms with Gasteiger partial charge in [0.1, 0.15) is 10.5 Å². The maximum absolute atomic E-state index is 10.8. The molecule has 0 aliphatic carbocycles. The van der Waals surface area contributed by atoms with Crippen LogP contribution in [-0.4, -0.2) is 30.1 Å². The fraction of sp³-hybridized carbons (Fsp3) is 0. The smallest absolute Gasteiger partial charge is 0.258 e. The highest BCUT2D eigenvalue weighted by molar-refractivity contribution is 8.01. The molecule has 12 heteroatoms. The quantitative estimate of drug-likeness (QED) is 0.379. The van der Waals surface area contributed by atoms with Crippen LogP contribution in [0.1, 0.15) is 0 Å². The number of hydrogen-bond acceptors (Lipinski definition) is 9. The van der Waals surface area contributed by atoms with Crippen LogP contribution in [0, 0.1) is 10.1 Å². The molecule has 24 heavy (non-hydrogen) atoms. The van der Waals surface area contributed by atoms with E-state index in [0.717, 1.165) is 25.9 Å². The molecule has 1 aromatic carbocycles. The lowest BCUT2D eigenvalue weighted by atomic mass is 10.3. The Morgan fingerprint density at radius 1 is 1.25 bits per heavy atom. The van der Waals surface area contributed by atoms with Gasteiger partial charge in [-0.15, -0.1) is 16.4 Å². The van der Waals surface area contributed by atoms with Gasteiger partial charge in [-0.3, -0.25) is 10.1 Å². The standard InChI is InChI=1S/C12H5ClN6O2S3/c13-6-2-1-3-7-10(6)14-12(22-7)24-11-15-16-17-18(11)8-4-5-9(23-8)19(20)21/h1-5H. The second kappa shape index (κ2) is 6.09. The average molecular weight is 397 g/mol. The third kappa shape index (κ3) is 2.75. The molecule has 0 aliphatic rings. The minimum atomic E-state index is -0.444. The lowest BCUT2D eigenvalue weighted by molar-refractivity contribution is -0.380. The summed E-state index contributed by atoms with van der Waals surface area (Å²) < 4.78 is 3.16. The van der Waals surface area contributed by atoms with E-state index in [1.54, 1.807) is 12.1 Å². The molecule has 8 nitrogen and oxygen atoms in total. The van der Waals surface area contributed by atoms with Crippen LogP contribution in [0.3, 0.4) is 0 Å². The number of aromatic nitrogens is 5. The third-order valence-corrected chi connectivity index (χ3v) is 6.27. The van der Waals surface area contributed by atoms with Crippen LogP contribution in [0.4, 0.5) is 5.00 Å². The molecular formula is C12H5ClN6O2S3. The van der Waals surface area contributed by atoms with E-state index in [2.05, 4.69) is 20.5 Å². The molecular weight excluding hydrogens is 392 g/mol. The van der Waals surface area contributed by atoms with E-state index in [4.69, 9.17) is 11.6 Å². The van der Waals surface area contributed by atoms with Crippen LogP contribution < -0.4 is 0 Å². The van der Waals surface area contributed by atoms with Crippen LogP contribution in [-0.2, 0) is 0 Å². The number of nitro groups is 1. The Morgan fingerprint density at radius 2 is 2.12 bits per heavy atom. The first kappa shape index (κ1) is 15.4. The van der Waals surface area contributed by atoms with Crippen LogP contribution in [0.2, 0.25) is 5.02 Å². The van der Waals surface area contributed by atoms with Gasteiger partial charge in [-0.05, 0) is 51.7 Å². The number of tetrazole rings is 1. The van der Waals surface area contributed by atoms with Gasteiger partial charge in [-0.1, -0.05) is 17.7 Å². The van der Waals surface area contributed by atoms with Gasteiger partial charge in [0.15, 0.2) is 4.34 Å². The number of fused-ring (bicyclic) bond motifs is 1. The van der Waals surface area contributed by atoms with Crippen molar-refractivity contribution in [2.75, 3.05) is 0 Å². The Hall–Kier alpha value is -2.08. The zero-order chi connectivity index (χ0) is 16.7. The van der Waals surface area contributed by atoms with Gasteiger partial charge in [-0.2, -0.15) is 4.68 Å². The van der Waals surface area contributed by atoms with E-state index in [1.807, 2.05) is 12.1 Å². The highest BCUT2D eigenvalue weighted by Crippen LogP contribution is 2.37. The van der Waals surface area contributed by atoms with Crippen molar-refractivity contribution >= 4 is 61.3 Å². The number of nitrogens with zero attached hydrogens (tertiary/aromatic N) is 6. The summed E-state index contributed by atoms with van der Waals surface area (Å²) in [6.45, 7) is 0. The van der Waals surface area contributed by atoms with E-state index in [9.17, 15) is 10.1 Å². The lowest BCUT2D eigenvalue weighted by Crippen LogP contribution is -1.95. The summed E-state index contributed by atoms with van der Waals surface area (Å²) in [5, 5.41) is 24.0. The summed E-state index contributed by atoms with van der Waals surface area (Å²) in [6.07, 6.45) is 0. The molecule has 0 radical (unpaired) electrons. The minimum absolute atomic E-state index is 0.0308. The molecule has 0 saturated heterocycles. The molecule has 3 heterocycles. The Labute approximate surface area is 151 Å². The van der Waals surface area contributed by atoms with Crippen molar-refractivity contribution in [3.05, 3.63) is 45.5 Å². The normalized spacial score (nSPS) is 11.2. The zero-order valence-corrected chi connectivity index (χ0v) is 14.7. The summed E-state index contributed by atoms with van der Waals surface area (Å²) in [6, 6.07) is 8.62. The first-order valence-electron chi connectivity index (χ1n) is 6.38. The number of rotatable bonds is 4. The molecule has 0 bridgehead atoms. The van der Waals surface area contributed by atoms with Gasteiger partial charge in [0.2, 0.25) is 5.16 Å². The van der Waals surface area contributed by atoms with Gasteiger partial charge < -0.3 is 0 Å². The first-order valence-corrected chi connectivity index (χ1v) is 9.20. The van der Waals surface area contributed by atoms with Crippen molar-refractivity contribution in [2.24, 2.45) is 0 Å². The molecule has 0 spiro atoms. The predicted molar refractivity (Wildman–Crippen MR) is 92.4 cm³/mol. The Bertz CT molecular complexity index is 1060. The second-order valence-electron chi connectivity index (χ2n) is 4.41. The van der Waals surface area contributed by atoms with Crippen LogP contribution >= 0.6 is 46.0 Å². The van der Waals surface area contributed by atoms with E-state index >= 15 is 0 Å². The van der Waals surface area contributed by atoms with E-state index in [1.165, 1.54) is 33.8 Å². The molecule has 3 aromatic heterocycles. The largest absolute Gasteiger partial charge is 0.326 e. The summed E-state index contributed by atoms with van der Waals surface area (Å²) in [7, 11) is 0. The van der Waals surface area contributed by atoms with Crippen LogP contribution in [0.5, 0.6) is 0 Å². The molecule has 0 unspecified atom stereocenters. The molecule has 0 atom stereocenters. The molecule has 4 rings (SSSR count). The summed E-state index contributed by atoms with van der Waals surface area (Å²) >= 11 is 9.90. The van der Waals surface area contributed by atoms with Gasteiger partial charge >= 0.3 is 5.00 Å². The van der Waals surface area contributed by atoms with Crippen molar-refractivity contribution in [2.45, 2.75) is 9.50 Å². The average Bonchev–Trinajstić information content (AvgIpc) is 3.25. The van der Waals surface area contributed by atoms with E-state index < -0.39 is 4.92 Å². The summed E-state index contributed by atoms with van der Waals surface area (Å²) in [5.41, 5.74) is 0.734. The summed E-state index contributed by atoms with van der Waals surface area (Å²) in [4.78, 5) is 14.9. The van der Waals surface area contributed by atoms with E-state index in [-0.39, 0.29) is 5.00 Å². The molecule has 120 valence electrons. The highest BCUT2D eigenvalue weighted by atomic mass is 35.5. The third-order valence-electron chi connectivity index (χ3n) is 2.94. The van der Waals surface area contributed by atoms with Gasteiger partial charge in [-0.25, -0.2) is 4.98 Å². The number of para-hydroxylation sites is 1. The molecule has 0 N–H and O–H groups in total. The highest BCUT2D eigenvalue weighted by Gasteiger charge is 2.18. The number of hydrogen-bond donors (Lipinski definition) is 0. The van der Waals surface area contributed by atoms with E-state index in [0.29, 0.717) is 15.2 Å². The topological polar surface area (TPSA) is 99.6 Å². The maximum atomic E-state index is 10.8. The van der Waals surface area contributed by atoms with Gasteiger partial charge in [0.05, 0.1) is 14.6 Å². The first-order chi connectivity index (χ1) is 11.6. The van der Waals surface area contributed by atoms with Crippen LogP contribution in [0.15, 0.2) is 39.8 Å². The van der Waals surface area contributed by atoms with Gasteiger partial charge in [0.25, 0.3) is 0 Å². The van der Waals surface area contributed by atoms with Crippen LogP contribution in [0.25, 0.3) is 15.2 Å². The fourth-order valence-corrected chi connectivity index (χ4v) is 5.00. The Morgan fingerprint density at radius 3 is 2.88 bits per heavy atom. The summed E-state index contributed by atoms with van der Waals surface area (Å²) in [5.74, 6) is 0. The molecule has 0 aliphatic heterocycles. The second-order valence-corrected chi connectivity index (χ2v) is 8.10. The SMILES string of the molecule is O=[N+]([O-])c1ccc(-n2nnnc2Sc2nc3c(Cl)cccc3s2)s1. The number of thiazole rings is 1. The number of benzene rings is 1. The molecule has 0 saturated carbocycles. The lowest BCUT2D eigenvalue weighted by Gasteiger charge is -1.97. The maximum Gasteiger partial charge on any atom is 0.326 e. The monoisotopic (exact) mass is 396 g/mol. The molecule has 0 amide bonds. The van der Waals surface area contributed by atoms with Crippen molar-refractivity contribution in [3.8, 4) is 5.00 Å². The zero-order valence-electron chi connectivity index (χ0n) is 11.5. The number of halogens is 1. The van der Waals surface area contributed by atoms with Crippen molar-refractivity contribution in [3.63, 3.8) is 0 Å². The Balaban J connectivity index is 1.68. The van der Waals surface area contributed by atoms with Crippen molar-refractivity contribution < 1.29 is 4.92 Å². The predicted octanol–water partition coefficient (Wildman–Crippen LogP) is 4.05. The van der Waals surface area contributed by atoms with Crippen molar-refractivity contribution in [1.29, 1.82) is 0 Å². The van der Waals surface area contributed by atoms with Crippen molar-refractivity contribution in [1.82, 2.24) is 25.2 Å². The Kier molecular flexibility index (Phi) is 3.92. The van der Waals surface area contributed by atoms with Gasteiger partial charge in [0, 0.05) is 6.07 Å². The minimum Gasteiger partial charge on any atom is -0.258 e.